The van der Waals surface area contributed by atoms with E-state index in [-0.39, 0.29) is 0 Å². The summed E-state index contributed by atoms with van der Waals surface area (Å²) in [7, 11) is -0.328. The summed E-state index contributed by atoms with van der Waals surface area (Å²) >= 11 is 0. The summed E-state index contributed by atoms with van der Waals surface area (Å²) in [5, 5.41) is 0. The Kier molecular flexibility index (Phi) is 7.59. The fourth-order valence-electron chi connectivity index (χ4n) is 2.35. The predicted octanol–water partition coefficient (Wildman–Crippen LogP) is 1.41. The molecule has 19 heavy (non-hydrogen) atoms. The van der Waals surface area contributed by atoms with Crippen LogP contribution >= 0.6 is 0 Å². The zero-order valence-electron chi connectivity index (χ0n) is 12.9. The number of nitrogens with zero attached hydrogens (tertiary/aromatic N) is 2. The molecule has 1 aliphatic rings. The summed E-state index contributed by atoms with van der Waals surface area (Å²) in [5.41, 5.74) is 0. The first kappa shape index (κ1) is 16.6. The standard InChI is InChI=1S/C13H29N2O3Si/c1-5-16-19(17-6-2,18-7-3)12-8-9-15-11-10-14(4)13-15/h13H,5-12H2,1-4H3/q+1. The van der Waals surface area contributed by atoms with Gasteiger partial charge in [0.05, 0.1) is 13.6 Å². The molecule has 0 saturated carbocycles. The Balaban J connectivity index is 2.42. The molecule has 1 rings (SSSR count). The van der Waals surface area contributed by atoms with Gasteiger partial charge in [0.25, 0.3) is 0 Å². The van der Waals surface area contributed by atoms with Gasteiger partial charge in [-0.3, -0.25) is 9.48 Å². The molecule has 1 aliphatic heterocycles. The van der Waals surface area contributed by atoms with Crippen molar-refractivity contribution < 1.29 is 17.9 Å². The van der Waals surface area contributed by atoms with E-state index in [1.165, 1.54) is 0 Å². The van der Waals surface area contributed by atoms with Gasteiger partial charge in [0.1, 0.15) is 13.1 Å². The third kappa shape index (κ3) is 5.60. The van der Waals surface area contributed by atoms with E-state index in [0.717, 1.165) is 32.1 Å². The van der Waals surface area contributed by atoms with Crippen molar-refractivity contribution in [1.82, 2.24) is 4.90 Å². The monoisotopic (exact) mass is 289 g/mol. The van der Waals surface area contributed by atoms with Gasteiger partial charge in [-0.1, -0.05) is 0 Å². The first-order valence-electron chi connectivity index (χ1n) is 7.37. The van der Waals surface area contributed by atoms with Gasteiger partial charge < -0.3 is 13.3 Å². The molecule has 0 saturated heterocycles. The first-order chi connectivity index (χ1) is 9.15. The summed E-state index contributed by atoms with van der Waals surface area (Å²) in [4.78, 5) is 2.35. The van der Waals surface area contributed by atoms with Crippen LogP contribution in [0.5, 0.6) is 0 Å². The Morgan fingerprint density at radius 2 is 1.68 bits per heavy atom. The molecule has 0 aliphatic carbocycles. The van der Waals surface area contributed by atoms with Gasteiger partial charge in [-0.2, -0.15) is 0 Å². The second kappa shape index (κ2) is 8.68. The van der Waals surface area contributed by atoms with Crippen LogP contribution in [0.2, 0.25) is 6.04 Å². The van der Waals surface area contributed by atoms with E-state index in [2.05, 4.69) is 22.9 Å². The van der Waals surface area contributed by atoms with Crippen molar-refractivity contribution in [3.05, 3.63) is 0 Å². The molecule has 0 aromatic heterocycles. The van der Waals surface area contributed by atoms with Gasteiger partial charge in [0.2, 0.25) is 6.34 Å². The highest BCUT2D eigenvalue weighted by Crippen LogP contribution is 2.18. The molecule has 112 valence electrons. The second-order valence-electron chi connectivity index (χ2n) is 4.72. The van der Waals surface area contributed by atoms with Gasteiger partial charge in [-0.05, 0) is 27.2 Å². The Labute approximate surface area is 118 Å². The highest BCUT2D eigenvalue weighted by molar-refractivity contribution is 6.60. The zero-order valence-corrected chi connectivity index (χ0v) is 13.9. The molecule has 0 N–H and O–H groups in total. The molecule has 0 radical (unpaired) electrons. The van der Waals surface area contributed by atoms with Crippen LogP contribution in [0.15, 0.2) is 0 Å². The average molecular weight is 289 g/mol. The van der Waals surface area contributed by atoms with Crippen molar-refractivity contribution in [3.8, 4) is 0 Å². The van der Waals surface area contributed by atoms with Crippen LogP contribution in [0, 0.1) is 0 Å². The molecule has 0 aromatic carbocycles. The quantitative estimate of drug-likeness (QED) is 0.450. The zero-order chi connectivity index (χ0) is 14.1. The predicted molar refractivity (Wildman–Crippen MR) is 78.7 cm³/mol. The van der Waals surface area contributed by atoms with Crippen molar-refractivity contribution in [2.75, 3.05) is 46.5 Å². The minimum Gasteiger partial charge on any atom is -0.374 e. The normalized spacial score (nSPS) is 16.0. The number of hydrogen-bond donors (Lipinski definition) is 0. The molecule has 0 spiro atoms. The smallest absolute Gasteiger partial charge is 0.374 e. The van der Waals surface area contributed by atoms with Gasteiger partial charge >= 0.3 is 8.80 Å². The average Bonchev–Trinajstić information content (AvgIpc) is 2.76. The third-order valence-corrected chi connectivity index (χ3v) is 6.27. The Hall–Kier alpha value is -0.433. The third-order valence-electron chi connectivity index (χ3n) is 3.12. The van der Waals surface area contributed by atoms with Crippen LogP contribution in [0.25, 0.3) is 0 Å². The van der Waals surface area contributed by atoms with E-state index >= 15 is 0 Å². The lowest BCUT2D eigenvalue weighted by Crippen LogP contribution is -2.46. The molecule has 5 nitrogen and oxygen atoms in total. The highest BCUT2D eigenvalue weighted by Gasteiger charge is 2.40. The molecule has 1 heterocycles. The topological polar surface area (TPSA) is 33.9 Å². The van der Waals surface area contributed by atoms with E-state index in [1.54, 1.807) is 0 Å². The van der Waals surface area contributed by atoms with E-state index in [1.807, 2.05) is 20.8 Å². The largest absolute Gasteiger partial charge is 0.501 e. The maximum Gasteiger partial charge on any atom is 0.501 e. The van der Waals surface area contributed by atoms with Crippen LogP contribution in [0.3, 0.4) is 0 Å². The lowest BCUT2D eigenvalue weighted by molar-refractivity contribution is -0.482. The maximum atomic E-state index is 5.85. The van der Waals surface area contributed by atoms with Crippen LogP contribution in [-0.2, 0) is 13.3 Å². The minimum absolute atomic E-state index is 0.658. The van der Waals surface area contributed by atoms with Gasteiger partial charge in [0, 0.05) is 25.9 Å². The van der Waals surface area contributed by atoms with E-state index in [0.29, 0.717) is 19.8 Å². The molecule has 0 aromatic rings. The fraction of sp³-hybridized carbons (Fsp3) is 0.923. The lowest BCUT2D eigenvalue weighted by Gasteiger charge is -2.28. The van der Waals surface area contributed by atoms with E-state index in [9.17, 15) is 0 Å². The SMILES string of the molecule is CCO[Si](CCCN1C=[N+](C)CC1)(OCC)OCC. The van der Waals surface area contributed by atoms with Crippen molar-refractivity contribution in [2.45, 2.75) is 33.2 Å². The number of rotatable bonds is 10. The molecule has 0 bridgehead atoms. The number of hydrogen-bond acceptors (Lipinski definition) is 4. The first-order valence-corrected chi connectivity index (χ1v) is 9.30. The summed E-state index contributed by atoms with van der Waals surface area (Å²) in [6, 6.07) is 0.899. The van der Waals surface area contributed by atoms with Crippen LogP contribution in [-0.4, -0.2) is 71.1 Å². The summed E-state index contributed by atoms with van der Waals surface area (Å²) in [6.07, 6.45) is 3.24. The van der Waals surface area contributed by atoms with Gasteiger partial charge in [0.15, 0.2) is 0 Å². The summed E-state index contributed by atoms with van der Waals surface area (Å²) in [6.45, 7) is 11.3. The fourth-order valence-corrected chi connectivity index (χ4v) is 4.94. The second-order valence-corrected chi connectivity index (χ2v) is 7.45. The van der Waals surface area contributed by atoms with Gasteiger partial charge in [-0.25, -0.2) is 0 Å². The van der Waals surface area contributed by atoms with Crippen molar-refractivity contribution >= 4 is 15.1 Å². The van der Waals surface area contributed by atoms with Crippen molar-refractivity contribution in [3.63, 3.8) is 0 Å². The Morgan fingerprint density at radius 1 is 1.11 bits per heavy atom. The summed E-state index contributed by atoms with van der Waals surface area (Å²) in [5.74, 6) is 0. The Bertz CT molecular complexity index is 270. The molecule has 0 fully saturated rings. The van der Waals surface area contributed by atoms with Crippen LogP contribution in [0.4, 0.5) is 0 Å². The highest BCUT2D eigenvalue weighted by atomic mass is 28.4. The van der Waals surface area contributed by atoms with Crippen molar-refractivity contribution in [1.29, 1.82) is 0 Å². The number of likely N-dealkylation sites (N-methyl/N-ethyl adjacent to an activating group) is 1. The maximum absolute atomic E-state index is 5.85. The van der Waals surface area contributed by atoms with Crippen molar-refractivity contribution in [2.24, 2.45) is 0 Å². The van der Waals surface area contributed by atoms with Crippen LogP contribution < -0.4 is 0 Å². The van der Waals surface area contributed by atoms with E-state index in [4.69, 9.17) is 13.3 Å². The molecular formula is C13H29N2O3Si+. The molecule has 0 unspecified atom stereocenters. The van der Waals surface area contributed by atoms with Gasteiger partial charge in [-0.15, -0.1) is 0 Å². The lowest BCUT2D eigenvalue weighted by atomic mass is 10.4. The van der Waals surface area contributed by atoms with E-state index < -0.39 is 8.80 Å². The summed E-state index contributed by atoms with van der Waals surface area (Å²) < 4.78 is 19.8. The molecular weight excluding hydrogens is 260 g/mol. The molecule has 0 amide bonds. The van der Waals surface area contributed by atoms with Crippen LogP contribution in [0.1, 0.15) is 27.2 Å². The molecule has 0 atom stereocenters. The molecule has 6 heteroatoms. The Morgan fingerprint density at radius 3 is 2.11 bits per heavy atom. The minimum atomic E-state index is -2.44.